The van der Waals surface area contributed by atoms with Gasteiger partial charge < -0.3 is 19.9 Å². The predicted molar refractivity (Wildman–Crippen MR) is 139 cm³/mol. The summed E-state index contributed by atoms with van der Waals surface area (Å²) in [5, 5.41) is 15.8. The second-order valence-corrected chi connectivity index (χ2v) is 9.42. The number of likely N-dealkylation sites (N-methyl/N-ethyl adjacent to an activating group) is 1. The third kappa shape index (κ3) is 5.44. The number of nitrogens with one attached hydrogen (secondary N) is 3. The van der Waals surface area contributed by atoms with Gasteiger partial charge in [-0.1, -0.05) is 0 Å². The van der Waals surface area contributed by atoms with E-state index in [1.807, 2.05) is 12.1 Å². The van der Waals surface area contributed by atoms with Crippen LogP contribution in [0, 0.1) is 5.53 Å². The minimum Gasteiger partial charge on any atom is -0.381 e. The van der Waals surface area contributed by atoms with E-state index in [0.717, 1.165) is 41.8 Å². The van der Waals surface area contributed by atoms with Gasteiger partial charge in [0.25, 0.3) is 5.91 Å². The maximum atomic E-state index is 12.6. The Morgan fingerprint density at radius 2 is 2.03 bits per heavy atom. The van der Waals surface area contributed by atoms with Crippen molar-refractivity contribution in [3.63, 3.8) is 0 Å². The van der Waals surface area contributed by atoms with Crippen molar-refractivity contribution >= 4 is 34.4 Å². The van der Waals surface area contributed by atoms with Crippen LogP contribution in [-0.4, -0.2) is 84.6 Å². The van der Waals surface area contributed by atoms with Crippen LogP contribution in [0.5, 0.6) is 0 Å². The fourth-order valence-electron chi connectivity index (χ4n) is 4.83. The lowest BCUT2D eigenvalue weighted by Gasteiger charge is -2.30. The van der Waals surface area contributed by atoms with Gasteiger partial charge in [0.15, 0.2) is 0 Å². The normalized spacial score (nSPS) is 20.0. The van der Waals surface area contributed by atoms with E-state index >= 15 is 0 Å². The number of morpholine rings is 1. The average Bonchev–Trinajstić information content (AvgIpc) is 3.33. The van der Waals surface area contributed by atoms with Crippen molar-refractivity contribution in [2.45, 2.75) is 24.9 Å². The molecule has 2 aromatic carbocycles. The number of carbonyl (C=O) groups excluding carboxylic acids is 1. The Morgan fingerprint density at radius 3 is 2.78 bits per heavy atom. The molecular formula is C26H32N8O2. The standard InChI is InChI=1S/C26H32N8O2/c1-33-10-2-3-21(17-33)29-20-8-9-23-22(15-20)25(32-31-23)24(30-27)16-28-19-6-4-18(5-7-19)26(35)34-11-13-36-14-12-34/h4-9,15-16,21,24,27,29H,2-3,10-14,17H2,1H3,(H,31,32). The summed E-state index contributed by atoms with van der Waals surface area (Å²) >= 11 is 0. The number of H-pyrrole nitrogens is 1. The molecule has 2 fully saturated rings. The number of fused-ring (bicyclic) bond motifs is 1. The van der Waals surface area contributed by atoms with E-state index in [-0.39, 0.29) is 5.91 Å². The lowest BCUT2D eigenvalue weighted by molar-refractivity contribution is 0.0303. The first kappa shape index (κ1) is 24.1. The number of aliphatic imine (C=N–C) groups is 1. The van der Waals surface area contributed by atoms with Crippen LogP contribution in [0.4, 0.5) is 11.4 Å². The second kappa shape index (κ2) is 11.0. The van der Waals surface area contributed by atoms with E-state index in [9.17, 15) is 4.79 Å². The van der Waals surface area contributed by atoms with Crippen molar-refractivity contribution in [2.24, 2.45) is 10.1 Å². The van der Waals surface area contributed by atoms with Gasteiger partial charge in [-0.05, 0) is 68.9 Å². The zero-order valence-corrected chi connectivity index (χ0v) is 20.5. The Bertz CT molecular complexity index is 1230. The molecular weight excluding hydrogens is 456 g/mol. The number of carbonyl (C=O) groups is 1. The van der Waals surface area contributed by atoms with Gasteiger partial charge in [-0.15, -0.1) is 0 Å². The number of hydrogen-bond acceptors (Lipinski definition) is 8. The van der Waals surface area contributed by atoms with Crippen molar-refractivity contribution in [3.8, 4) is 0 Å². The van der Waals surface area contributed by atoms with Gasteiger partial charge in [0.1, 0.15) is 6.04 Å². The molecule has 5 rings (SSSR count). The van der Waals surface area contributed by atoms with E-state index in [2.05, 4.69) is 43.6 Å². The SMILES string of the molecule is CN1CCCC(Nc2ccc3n[nH]c(C(C=Nc4ccc(C(=O)N5CCOCC5)cc4)N=N)c3c2)C1. The average molecular weight is 489 g/mol. The first-order chi connectivity index (χ1) is 17.6. The topological polar surface area (TPSA) is 122 Å². The number of rotatable bonds is 7. The lowest BCUT2D eigenvalue weighted by Crippen LogP contribution is -2.40. The summed E-state index contributed by atoms with van der Waals surface area (Å²) < 4.78 is 5.32. The molecule has 2 unspecified atom stereocenters. The number of anilines is 1. The molecule has 3 aromatic rings. The zero-order valence-electron chi connectivity index (χ0n) is 20.5. The predicted octanol–water partition coefficient (Wildman–Crippen LogP) is 4.02. The summed E-state index contributed by atoms with van der Waals surface area (Å²) in [5.41, 5.74) is 11.7. The molecule has 2 saturated heterocycles. The Labute approximate surface area is 210 Å². The quantitative estimate of drug-likeness (QED) is 0.343. The Morgan fingerprint density at radius 1 is 1.22 bits per heavy atom. The highest BCUT2D eigenvalue weighted by molar-refractivity contribution is 5.94. The molecule has 0 spiro atoms. The van der Waals surface area contributed by atoms with E-state index in [1.165, 1.54) is 6.42 Å². The van der Waals surface area contributed by atoms with Gasteiger partial charge >= 0.3 is 0 Å². The molecule has 3 N–H and O–H groups in total. The van der Waals surface area contributed by atoms with Crippen LogP contribution in [-0.2, 0) is 4.74 Å². The molecule has 0 saturated carbocycles. The molecule has 36 heavy (non-hydrogen) atoms. The fraction of sp³-hybridized carbons (Fsp3) is 0.423. The Hall–Kier alpha value is -3.63. The van der Waals surface area contributed by atoms with Crippen LogP contribution in [0.15, 0.2) is 52.6 Å². The van der Waals surface area contributed by atoms with E-state index in [0.29, 0.717) is 43.6 Å². The van der Waals surface area contributed by atoms with E-state index in [4.69, 9.17) is 10.3 Å². The molecule has 1 aromatic heterocycles. The molecule has 1 amide bonds. The molecule has 0 radical (unpaired) electrons. The minimum absolute atomic E-state index is 0.000999. The van der Waals surface area contributed by atoms with Gasteiger partial charge in [0, 0.05) is 48.5 Å². The second-order valence-electron chi connectivity index (χ2n) is 9.42. The van der Waals surface area contributed by atoms with Gasteiger partial charge in [-0.2, -0.15) is 10.2 Å². The monoisotopic (exact) mass is 488 g/mol. The van der Waals surface area contributed by atoms with Crippen molar-refractivity contribution in [3.05, 3.63) is 53.7 Å². The molecule has 3 heterocycles. The summed E-state index contributed by atoms with van der Waals surface area (Å²) in [5.74, 6) is 0.000999. The summed E-state index contributed by atoms with van der Waals surface area (Å²) in [7, 11) is 2.15. The summed E-state index contributed by atoms with van der Waals surface area (Å²) in [6.07, 6.45) is 3.97. The number of aromatic amines is 1. The van der Waals surface area contributed by atoms with Gasteiger partial charge in [0.05, 0.1) is 30.1 Å². The minimum atomic E-state index is -0.597. The smallest absolute Gasteiger partial charge is 0.254 e. The summed E-state index contributed by atoms with van der Waals surface area (Å²) in [4.78, 5) is 21.3. The number of amides is 1. The first-order valence-corrected chi connectivity index (χ1v) is 12.4. The Balaban J connectivity index is 1.29. The van der Waals surface area contributed by atoms with Crippen LogP contribution >= 0.6 is 0 Å². The molecule has 10 nitrogen and oxygen atoms in total. The van der Waals surface area contributed by atoms with Gasteiger partial charge in [-0.3, -0.25) is 14.9 Å². The van der Waals surface area contributed by atoms with Crippen LogP contribution in [0.3, 0.4) is 0 Å². The molecule has 2 aliphatic heterocycles. The maximum absolute atomic E-state index is 12.6. The van der Waals surface area contributed by atoms with Crippen LogP contribution in [0.1, 0.15) is 34.9 Å². The molecule has 188 valence electrons. The van der Waals surface area contributed by atoms with Gasteiger partial charge in [0.2, 0.25) is 0 Å². The lowest BCUT2D eigenvalue weighted by atomic mass is 10.1. The first-order valence-electron chi connectivity index (χ1n) is 12.4. The van der Waals surface area contributed by atoms with Crippen molar-refractivity contribution < 1.29 is 9.53 Å². The van der Waals surface area contributed by atoms with E-state index in [1.54, 1.807) is 35.4 Å². The number of nitrogens with zero attached hydrogens (tertiary/aromatic N) is 5. The van der Waals surface area contributed by atoms with Crippen molar-refractivity contribution in [1.29, 1.82) is 5.53 Å². The number of hydrogen-bond donors (Lipinski definition) is 3. The van der Waals surface area contributed by atoms with Crippen molar-refractivity contribution in [1.82, 2.24) is 20.0 Å². The highest BCUT2D eigenvalue weighted by atomic mass is 16.5. The molecule has 0 bridgehead atoms. The summed E-state index contributed by atoms with van der Waals surface area (Å²) in [6, 6.07) is 13.1. The largest absolute Gasteiger partial charge is 0.381 e. The summed E-state index contributed by atoms with van der Waals surface area (Å²) in [6.45, 7) is 4.53. The number of piperidine rings is 1. The molecule has 10 heteroatoms. The van der Waals surface area contributed by atoms with Crippen LogP contribution in [0.2, 0.25) is 0 Å². The van der Waals surface area contributed by atoms with Crippen LogP contribution < -0.4 is 5.32 Å². The molecule has 2 atom stereocenters. The van der Waals surface area contributed by atoms with Gasteiger partial charge in [-0.25, -0.2) is 5.53 Å². The third-order valence-electron chi connectivity index (χ3n) is 6.79. The molecule has 2 aliphatic rings. The molecule has 0 aliphatic carbocycles. The van der Waals surface area contributed by atoms with Crippen LogP contribution in [0.25, 0.3) is 10.9 Å². The number of aromatic nitrogens is 2. The maximum Gasteiger partial charge on any atom is 0.254 e. The van der Waals surface area contributed by atoms with Crippen molar-refractivity contribution in [2.75, 3.05) is 51.8 Å². The Kier molecular flexibility index (Phi) is 7.33. The fourth-order valence-corrected chi connectivity index (χ4v) is 4.83. The number of benzene rings is 2. The third-order valence-corrected chi connectivity index (χ3v) is 6.79. The number of likely N-dealkylation sites (tertiary alicyclic amines) is 1. The highest BCUT2D eigenvalue weighted by Gasteiger charge is 2.20. The van der Waals surface area contributed by atoms with E-state index < -0.39 is 6.04 Å². The zero-order chi connectivity index (χ0) is 24.9. The number of ether oxygens (including phenoxy) is 1. The highest BCUT2D eigenvalue weighted by Crippen LogP contribution is 2.28.